The molecule has 0 fully saturated rings. The topological polar surface area (TPSA) is 23.5 Å². The highest BCUT2D eigenvalue weighted by Crippen LogP contribution is 2.26. The highest BCUT2D eigenvalue weighted by molar-refractivity contribution is 6.35. The minimum Gasteiger partial charge on any atom is -0.374 e. The first-order valence-corrected chi connectivity index (χ1v) is 4.57. The number of hydrogen-bond acceptors (Lipinski definition) is 2. The Morgan fingerprint density at radius 1 is 1.31 bits per heavy atom. The van der Waals surface area contributed by atoms with Crippen LogP contribution < -0.4 is 0 Å². The zero-order valence-corrected chi connectivity index (χ0v) is 8.97. The predicted octanol–water partition coefficient (Wildman–Crippen LogP) is 2.55. The van der Waals surface area contributed by atoms with Gasteiger partial charge in [-0.15, -0.1) is 0 Å². The molecule has 1 aromatic carbocycles. The Hall–Kier alpha value is -0.280. The van der Waals surface area contributed by atoms with Gasteiger partial charge < -0.3 is 5.11 Å². The van der Waals surface area contributed by atoms with Crippen molar-refractivity contribution < 1.29 is 5.11 Å². The normalized spacial score (nSPS) is 13.4. The second-order valence-electron chi connectivity index (χ2n) is 3.00. The van der Waals surface area contributed by atoms with Crippen molar-refractivity contribution in [1.29, 1.82) is 0 Å². The molecule has 0 amide bonds. The van der Waals surface area contributed by atoms with Gasteiger partial charge in [0.05, 0.1) is 0 Å². The molecule has 1 atom stereocenters. The average molecular weight is 220 g/mol. The maximum atomic E-state index is 9.67. The van der Waals surface area contributed by atoms with E-state index in [1.807, 2.05) is 0 Å². The zero-order valence-electron chi connectivity index (χ0n) is 7.46. The number of halogens is 2. The molecule has 0 aliphatic rings. The number of benzene rings is 1. The van der Waals surface area contributed by atoms with Crippen LogP contribution >= 0.6 is 23.2 Å². The van der Waals surface area contributed by atoms with Crippen LogP contribution in [0.5, 0.6) is 0 Å². The van der Waals surface area contributed by atoms with Gasteiger partial charge >= 0.3 is 0 Å². The third-order valence-corrected chi connectivity index (χ3v) is 2.29. The fourth-order valence-electron chi connectivity index (χ4n) is 0.989. The Morgan fingerprint density at radius 3 is 2.38 bits per heavy atom. The monoisotopic (exact) mass is 219 g/mol. The van der Waals surface area contributed by atoms with Gasteiger partial charge in [-0.25, -0.2) is 0 Å². The molecule has 0 aromatic heterocycles. The highest BCUT2D eigenvalue weighted by atomic mass is 35.5. The van der Waals surface area contributed by atoms with Gasteiger partial charge in [-0.2, -0.15) is 0 Å². The largest absolute Gasteiger partial charge is 0.374 e. The maximum Gasteiger partial charge on any atom is 0.134 e. The third kappa shape index (κ3) is 2.58. The Labute approximate surface area is 87.7 Å². The molecule has 0 saturated carbocycles. The van der Waals surface area contributed by atoms with Crippen molar-refractivity contribution in [3.8, 4) is 0 Å². The van der Waals surface area contributed by atoms with Crippen LogP contribution in [0.25, 0.3) is 0 Å². The molecule has 0 aliphatic heterocycles. The average Bonchev–Trinajstić information content (AvgIpc) is 2.03. The molecule has 0 radical (unpaired) electrons. The molecule has 2 nitrogen and oxygen atoms in total. The highest BCUT2D eigenvalue weighted by Gasteiger charge is 2.13. The molecule has 0 aliphatic carbocycles. The van der Waals surface area contributed by atoms with Crippen LogP contribution in [0, 0.1) is 0 Å². The van der Waals surface area contributed by atoms with Gasteiger partial charge in [0.15, 0.2) is 0 Å². The van der Waals surface area contributed by atoms with E-state index in [2.05, 4.69) is 0 Å². The van der Waals surface area contributed by atoms with Gasteiger partial charge in [0, 0.05) is 15.6 Å². The van der Waals surface area contributed by atoms with Crippen molar-refractivity contribution in [2.24, 2.45) is 0 Å². The lowest BCUT2D eigenvalue weighted by Crippen LogP contribution is -2.19. The lowest BCUT2D eigenvalue weighted by atomic mass is 10.2. The van der Waals surface area contributed by atoms with Gasteiger partial charge in [0.1, 0.15) is 6.23 Å². The number of aliphatic hydroxyl groups excluding tert-OH is 1. The molecule has 0 heterocycles. The summed E-state index contributed by atoms with van der Waals surface area (Å²) in [6.07, 6.45) is -0.690. The van der Waals surface area contributed by atoms with Crippen LogP contribution in [0.15, 0.2) is 18.2 Å². The van der Waals surface area contributed by atoms with Crippen molar-refractivity contribution in [3.63, 3.8) is 0 Å². The van der Waals surface area contributed by atoms with Crippen LogP contribution in [0.1, 0.15) is 11.8 Å². The van der Waals surface area contributed by atoms with Gasteiger partial charge in [0.2, 0.25) is 0 Å². The fourth-order valence-corrected chi connectivity index (χ4v) is 1.50. The van der Waals surface area contributed by atoms with Crippen molar-refractivity contribution in [1.82, 2.24) is 4.90 Å². The number of hydrogen-bond donors (Lipinski definition) is 1. The van der Waals surface area contributed by atoms with E-state index in [1.54, 1.807) is 37.2 Å². The Balaban J connectivity index is 3.01. The SMILES string of the molecule is CN(C)C(O)c1ccc(Cl)cc1Cl. The van der Waals surface area contributed by atoms with E-state index in [9.17, 15) is 5.11 Å². The molecule has 0 bridgehead atoms. The van der Waals surface area contributed by atoms with Crippen molar-refractivity contribution in [2.45, 2.75) is 6.23 Å². The summed E-state index contributed by atoms with van der Waals surface area (Å²) in [7, 11) is 3.55. The number of aliphatic hydroxyl groups is 1. The summed E-state index contributed by atoms with van der Waals surface area (Å²) >= 11 is 11.6. The first-order valence-electron chi connectivity index (χ1n) is 3.82. The first kappa shape index (κ1) is 10.8. The minimum atomic E-state index is -0.690. The van der Waals surface area contributed by atoms with E-state index < -0.39 is 6.23 Å². The van der Waals surface area contributed by atoms with Crippen LogP contribution in [-0.2, 0) is 0 Å². The Morgan fingerprint density at radius 2 is 1.92 bits per heavy atom. The Bertz CT molecular complexity index is 302. The molecule has 1 unspecified atom stereocenters. The molecular weight excluding hydrogens is 209 g/mol. The molecule has 4 heteroatoms. The van der Waals surface area contributed by atoms with Gasteiger partial charge in [0.25, 0.3) is 0 Å². The number of rotatable bonds is 2. The quantitative estimate of drug-likeness (QED) is 0.774. The van der Waals surface area contributed by atoms with Gasteiger partial charge in [-0.3, -0.25) is 4.90 Å². The summed E-state index contributed by atoms with van der Waals surface area (Å²) in [6.45, 7) is 0. The Kier molecular flexibility index (Phi) is 3.56. The van der Waals surface area contributed by atoms with Crippen molar-refractivity contribution in [3.05, 3.63) is 33.8 Å². The lowest BCUT2D eigenvalue weighted by Gasteiger charge is -2.19. The fraction of sp³-hybridized carbons (Fsp3) is 0.333. The maximum absolute atomic E-state index is 9.67. The van der Waals surface area contributed by atoms with E-state index in [-0.39, 0.29) is 0 Å². The van der Waals surface area contributed by atoms with Gasteiger partial charge in [-0.1, -0.05) is 29.3 Å². The van der Waals surface area contributed by atoms with Gasteiger partial charge in [-0.05, 0) is 26.2 Å². The summed E-state index contributed by atoms with van der Waals surface area (Å²) in [5, 5.41) is 10.7. The van der Waals surface area contributed by atoms with Crippen molar-refractivity contribution >= 4 is 23.2 Å². The summed E-state index contributed by atoms with van der Waals surface area (Å²) in [5.41, 5.74) is 0.663. The molecule has 0 spiro atoms. The van der Waals surface area contributed by atoms with Crippen LogP contribution in [-0.4, -0.2) is 24.1 Å². The predicted molar refractivity (Wildman–Crippen MR) is 55.1 cm³/mol. The van der Waals surface area contributed by atoms with E-state index in [0.29, 0.717) is 15.6 Å². The standard InChI is InChI=1S/C9H11Cl2NO/c1-12(2)9(13)7-4-3-6(10)5-8(7)11/h3-5,9,13H,1-2H3. The molecule has 1 rings (SSSR count). The third-order valence-electron chi connectivity index (χ3n) is 1.73. The molecule has 1 N–H and O–H groups in total. The molecule has 1 aromatic rings. The molecule has 72 valence electrons. The van der Waals surface area contributed by atoms with E-state index in [1.165, 1.54) is 0 Å². The second kappa shape index (κ2) is 4.29. The van der Waals surface area contributed by atoms with Crippen LogP contribution in [0.2, 0.25) is 10.0 Å². The summed E-state index contributed by atoms with van der Waals surface area (Å²) < 4.78 is 0. The van der Waals surface area contributed by atoms with Crippen LogP contribution in [0.4, 0.5) is 0 Å². The summed E-state index contributed by atoms with van der Waals surface area (Å²) in [6, 6.07) is 5.04. The first-order chi connectivity index (χ1) is 6.02. The lowest BCUT2D eigenvalue weighted by molar-refractivity contribution is 0.0396. The van der Waals surface area contributed by atoms with Crippen molar-refractivity contribution in [2.75, 3.05) is 14.1 Å². The minimum absolute atomic E-state index is 0.480. The van der Waals surface area contributed by atoms with E-state index in [4.69, 9.17) is 23.2 Å². The molecule has 13 heavy (non-hydrogen) atoms. The zero-order chi connectivity index (χ0) is 10.0. The van der Waals surface area contributed by atoms with E-state index >= 15 is 0 Å². The molecule has 0 saturated heterocycles. The number of nitrogens with zero attached hydrogens (tertiary/aromatic N) is 1. The van der Waals surface area contributed by atoms with E-state index in [0.717, 1.165) is 0 Å². The summed E-state index contributed by atoms with van der Waals surface area (Å²) in [4.78, 5) is 1.66. The molecular formula is C9H11Cl2NO. The van der Waals surface area contributed by atoms with Crippen LogP contribution in [0.3, 0.4) is 0 Å². The summed E-state index contributed by atoms with van der Waals surface area (Å²) in [5.74, 6) is 0. The smallest absolute Gasteiger partial charge is 0.134 e. The second-order valence-corrected chi connectivity index (χ2v) is 3.85.